The number of hydrogen-bond donors (Lipinski definition) is 2. The van der Waals surface area contributed by atoms with Crippen molar-refractivity contribution in [3.8, 4) is 0 Å². The molecule has 0 saturated carbocycles. The van der Waals surface area contributed by atoms with E-state index in [1.807, 2.05) is 0 Å². The third kappa shape index (κ3) is 4.56. The Kier molecular flexibility index (Phi) is 6.36. The van der Waals surface area contributed by atoms with Crippen LogP contribution in [0.3, 0.4) is 0 Å². The van der Waals surface area contributed by atoms with Gasteiger partial charge in [-0.25, -0.2) is 0 Å². The third-order valence-electron chi connectivity index (χ3n) is 4.35. The molecule has 2 rings (SSSR count). The number of carbonyl (C=O) groups excluding carboxylic acids is 3. The maximum Gasteiger partial charge on any atom is 0.251 e. The SMILES string of the molecule is CCCC1CCc2c(sc(NC(=O)CCCC(=O)[O-])c2C(N)=O)C1. The number of hydrogen-bond acceptors (Lipinski definition) is 5. The van der Waals surface area contributed by atoms with Crippen LogP contribution in [-0.2, 0) is 22.4 Å². The molecule has 7 heteroatoms. The zero-order valence-corrected chi connectivity index (χ0v) is 14.7. The minimum Gasteiger partial charge on any atom is -0.550 e. The summed E-state index contributed by atoms with van der Waals surface area (Å²) in [6, 6.07) is 0. The number of carbonyl (C=O) groups is 3. The summed E-state index contributed by atoms with van der Waals surface area (Å²) in [5.74, 6) is -1.38. The highest BCUT2D eigenvalue weighted by Gasteiger charge is 2.28. The Balaban J connectivity index is 2.11. The van der Waals surface area contributed by atoms with Crippen LogP contribution < -0.4 is 16.2 Å². The van der Waals surface area contributed by atoms with Crippen molar-refractivity contribution in [2.75, 3.05) is 5.32 Å². The van der Waals surface area contributed by atoms with E-state index in [2.05, 4.69) is 12.2 Å². The van der Waals surface area contributed by atoms with E-state index in [0.717, 1.165) is 42.5 Å². The Bertz CT molecular complexity index is 639. The molecule has 1 heterocycles. The molecule has 0 spiro atoms. The number of thiophene rings is 1. The fraction of sp³-hybridized carbons (Fsp3) is 0.588. The van der Waals surface area contributed by atoms with Crippen LogP contribution in [0.25, 0.3) is 0 Å². The molecule has 1 aliphatic rings. The fourth-order valence-corrected chi connectivity index (χ4v) is 4.62. The molecule has 1 unspecified atom stereocenters. The third-order valence-corrected chi connectivity index (χ3v) is 5.52. The number of carboxylic acids is 1. The Morgan fingerprint density at radius 3 is 2.71 bits per heavy atom. The summed E-state index contributed by atoms with van der Waals surface area (Å²) in [6.07, 6.45) is 5.21. The molecule has 0 aromatic carbocycles. The number of aliphatic carboxylic acids is 1. The van der Waals surface area contributed by atoms with Crippen molar-refractivity contribution in [2.45, 2.75) is 58.3 Å². The lowest BCUT2D eigenvalue weighted by molar-refractivity contribution is -0.305. The average molecular weight is 351 g/mol. The number of anilines is 1. The first-order valence-corrected chi connectivity index (χ1v) is 9.18. The number of amides is 2. The van der Waals surface area contributed by atoms with Crippen LogP contribution >= 0.6 is 11.3 Å². The first kappa shape index (κ1) is 18.4. The molecule has 3 N–H and O–H groups in total. The van der Waals surface area contributed by atoms with Gasteiger partial charge in [-0.2, -0.15) is 0 Å². The quantitative estimate of drug-likeness (QED) is 0.741. The summed E-state index contributed by atoms with van der Waals surface area (Å²) < 4.78 is 0. The number of carboxylic acid groups (broad SMARTS) is 1. The van der Waals surface area contributed by atoms with Gasteiger partial charge in [0.15, 0.2) is 0 Å². The molecular weight excluding hydrogens is 328 g/mol. The van der Waals surface area contributed by atoms with Crippen molar-refractivity contribution < 1.29 is 19.5 Å². The van der Waals surface area contributed by atoms with Crippen molar-refractivity contribution in [3.05, 3.63) is 16.0 Å². The van der Waals surface area contributed by atoms with E-state index in [9.17, 15) is 19.5 Å². The van der Waals surface area contributed by atoms with Gasteiger partial charge in [-0.05, 0) is 43.6 Å². The molecule has 0 fully saturated rings. The molecular formula is C17H23N2O4S-. The Morgan fingerprint density at radius 2 is 2.08 bits per heavy atom. The highest BCUT2D eigenvalue weighted by Crippen LogP contribution is 2.40. The largest absolute Gasteiger partial charge is 0.550 e. The van der Waals surface area contributed by atoms with E-state index < -0.39 is 11.9 Å². The topological polar surface area (TPSA) is 112 Å². The second-order valence-electron chi connectivity index (χ2n) is 6.24. The van der Waals surface area contributed by atoms with Gasteiger partial charge in [-0.3, -0.25) is 9.59 Å². The minimum atomic E-state index is -1.17. The molecule has 132 valence electrons. The number of fused-ring (bicyclic) bond motifs is 1. The van der Waals surface area contributed by atoms with Crippen LogP contribution in [-0.4, -0.2) is 17.8 Å². The van der Waals surface area contributed by atoms with E-state index in [0.29, 0.717) is 16.5 Å². The lowest BCUT2D eigenvalue weighted by Crippen LogP contribution is -2.22. The lowest BCUT2D eigenvalue weighted by Gasteiger charge is -2.21. The summed E-state index contributed by atoms with van der Waals surface area (Å²) in [5, 5.41) is 13.6. The second-order valence-corrected chi connectivity index (χ2v) is 7.35. The average Bonchev–Trinajstić information content (AvgIpc) is 2.84. The van der Waals surface area contributed by atoms with Gasteiger partial charge in [0.25, 0.3) is 5.91 Å². The monoisotopic (exact) mass is 351 g/mol. The van der Waals surface area contributed by atoms with Crippen molar-refractivity contribution in [3.63, 3.8) is 0 Å². The Hall–Kier alpha value is -1.89. The Morgan fingerprint density at radius 1 is 1.33 bits per heavy atom. The molecule has 1 atom stereocenters. The molecule has 6 nitrogen and oxygen atoms in total. The van der Waals surface area contributed by atoms with E-state index in [-0.39, 0.29) is 25.2 Å². The van der Waals surface area contributed by atoms with Crippen molar-refractivity contribution in [1.82, 2.24) is 0 Å². The van der Waals surface area contributed by atoms with Crippen LogP contribution in [0.1, 0.15) is 66.2 Å². The molecule has 0 bridgehead atoms. The first-order valence-electron chi connectivity index (χ1n) is 8.36. The summed E-state index contributed by atoms with van der Waals surface area (Å²) in [5.41, 5.74) is 6.93. The molecule has 2 amide bonds. The number of nitrogens with two attached hydrogens (primary N) is 1. The van der Waals surface area contributed by atoms with Crippen LogP contribution in [0.15, 0.2) is 0 Å². The summed E-state index contributed by atoms with van der Waals surface area (Å²) in [7, 11) is 0. The predicted octanol–water partition coefficient (Wildman–Crippen LogP) is 1.61. The molecule has 0 aliphatic heterocycles. The van der Waals surface area contributed by atoms with Crippen LogP contribution in [0, 0.1) is 5.92 Å². The molecule has 0 saturated heterocycles. The summed E-state index contributed by atoms with van der Waals surface area (Å²) >= 11 is 1.43. The fourth-order valence-electron chi connectivity index (χ4n) is 3.24. The highest BCUT2D eigenvalue weighted by molar-refractivity contribution is 7.17. The van der Waals surface area contributed by atoms with E-state index in [4.69, 9.17) is 5.73 Å². The predicted molar refractivity (Wildman–Crippen MR) is 90.7 cm³/mol. The summed E-state index contributed by atoms with van der Waals surface area (Å²) in [4.78, 5) is 35.4. The minimum absolute atomic E-state index is 0.0766. The van der Waals surface area contributed by atoms with Gasteiger partial charge in [-0.15, -0.1) is 11.3 Å². The molecule has 0 radical (unpaired) electrons. The zero-order chi connectivity index (χ0) is 17.7. The second kappa shape index (κ2) is 8.28. The van der Waals surface area contributed by atoms with E-state index in [1.54, 1.807) is 0 Å². The maximum atomic E-state index is 12.0. The maximum absolute atomic E-state index is 12.0. The van der Waals surface area contributed by atoms with Crippen molar-refractivity contribution in [2.24, 2.45) is 11.7 Å². The molecule has 1 aromatic rings. The first-order chi connectivity index (χ1) is 11.4. The zero-order valence-electron chi connectivity index (χ0n) is 13.9. The van der Waals surface area contributed by atoms with Crippen molar-refractivity contribution >= 4 is 34.1 Å². The van der Waals surface area contributed by atoms with Gasteiger partial charge in [0.1, 0.15) is 5.00 Å². The van der Waals surface area contributed by atoms with Gasteiger partial charge < -0.3 is 21.0 Å². The number of rotatable bonds is 8. The molecule has 24 heavy (non-hydrogen) atoms. The normalized spacial score (nSPS) is 16.5. The number of nitrogens with one attached hydrogen (secondary N) is 1. The van der Waals surface area contributed by atoms with Crippen LogP contribution in [0.2, 0.25) is 0 Å². The van der Waals surface area contributed by atoms with Gasteiger partial charge in [0, 0.05) is 17.3 Å². The molecule has 1 aliphatic carbocycles. The van der Waals surface area contributed by atoms with Gasteiger partial charge in [0.05, 0.1) is 5.56 Å². The van der Waals surface area contributed by atoms with Gasteiger partial charge in [-0.1, -0.05) is 19.8 Å². The van der Waals surface area contributed by atoms with E-state index in [1.165, 1.54) is 11.3 Å². The highest BCUT2D eigenvalue weighted by atomic mass is 32.1. The van der Waals surface area contributed by atoms with Gasteiger partial charge in [0.2, 0.25) is 5.91 Å². The van der Waals surface area contributed by atoms with E-state index >= 15 is 0 Å². The van der Waals surface area contributed by atoms with Crippen LogP contribution in [0.4, 0.5) is 5.00 Å². The van der Waals surface area contributed by atoms with Crippen molar-refractivity contribution in [1.29, 1.82) is 0 Å². The molecule has 1 aromatic heterocycles. The smallest absolute Gasteiger partial charge is 0.251 e. The lowest BCUT2D eigenvalue weighted by atomic mass is 9.84. The van der Waals surface area contributed by atoms with Crippen LogP contribution in [0.5, 0.6) is 0 Å². The van der Waals surface area contributed by atoms with Gasteiger partial charge >= 0.3 is 0 Å². The Labute approximate surface area is 145 Å². The number of primary amides is 1. The standard InChI is InChI=1S/C17H24N2O4S/c1-2-4-10-7-8-11-12(9-10)24-17(15(11)16(18)23)19-13(20)5-3-6-14(21)22/h10H,2-9H2,1H3,(H2,18,23)(H,19,20)(H,21,22)/p-1. The summed E-state index contributed by atoms with van der Waals surface area (Å²) in [6.45, 7) is 2.16.